The van der Waals surface area contributed by atoms with Crippen LogP contribution in [0.5, 0.6) is 0 Å². The van der Waals surface area contributed by atoms with E-state index >= 15 is 0 Å². The number of nitrogens with one attached hydrogen (secondary N) is 2. The van der Waals surface area contributed by atoms with Crippen LogP contribution < -0.4 is 15.5 Å². The first-order chi connectivity index (χ1) is 15.2. The number of benzene rings is 2. The van der Waals surface area contributed by atoms with Crippen molar-refractivity contribution in [2.45, 2.75) is 44.5 Å². The first-order valence-electron chi connectivity index (χ1n) is 11.4. The van der Waals surface area contributed by atoms with E-state index in [1.165, 1.54) is 16.8 Å². The highest BCUT2D eigenvalue weighted by Crippen LogP contribution is 2.19. The quantitative estimate of drug-likeness (QED) is 0.494. The van der Waals surface area contributed by atoms with Crippen LogP contribution >= 0.6 is 0 Å². The van der Waals surface area contributed by atoms with Gasteiger partial charge in [0.1, 0.15) is 0 Å². The Balaban J connectivity index is 1.22. The SMILES string of the molecule is CN=C(NCc1ccc(CN2CCC(O)CC2)cc1)NC1CCN(c2ccccc2)C1. The number of hydrogen-bond donors (Lipinski definition) is 3. The lowest BCUT2D eigenvalue weighted by molar-refractivity contribution is 0.0792. The van der Waals surface area contributed by atoms with Crippen molar-refractivity contribution in [3.8, 4) is 0 Å². The van der Waals surface area contributed by atoms with Crippen molar-refractivity contribution >= 4 is 11.6 Å². The molecule has 2 aromatic carbocycles. The second-order valence-electron chi connectivity index (χ2n) is 8.66. The minimum atomic E-state index is -0.113. The van der Waals surface area contributed by atoms with Gasteiger partial charge in [-0.25, -0.2) is 0 Å². The highest BCUT2D eigenvalue weighted by Gasteiger charge is 2.23. The van der Waals surface area contributed by atoms with Crippen LogP contribution in [-0.2, 0) is 13.1 Å². The molecule has 3 N–H and O–H groups in total. The van der Waals surface area contributed by atoms with Gasteiger partial charge in [-0.05, 0) is 42.5 Å². The van der Waals surface area contributed by atoms with Crippen LogP contribution in [0.25, 0.3) is 0 Å². The molecule has 6 nitrogen and oxygen atoms in total. The van der Waals surface area contributed by atoms with E-state index in [-0.39, 0.29) is 6.10 Å². The largest absolute Gasteiger partial charge is 0.393 e. The Kier molecular flexibility index (Phi) is 7.43. The number of aliphatic imine (C=N–C) groups is 1. The van der Waals surface area contributed by atoms with Gasteiger partial charge in [-0.1, -0.05) is 42.5 Å². The van der Waals surface area contributed by atoms with Crippen LogP contribution in [0.4, 0.5) is 5.69 Å². The predicted molar refractivity (Wildman–Crippen MR) is 127 cm³/mol. The summed E-state index contributed by atoms with van der Waals surface area (Å²) < 4.78 is 0. The summed E-state index contributed by atoms with van der Waals surface area (Å²) in [7, 11) is 1.83. The molecule has 0 spiro atoms. The number of para-hydroxylation sites is 1. The maximum Gasteiger partial charge on any atom is 0.191 e. The van der Waals surface area contributed by atoms with E-state index in [1.807, 2.05) is 7.05 Å². The van der Waals surface area contributed by atoms with Gasteiger partial charge in [-0.2, -0.15) is 0 Å². The topological polar surface area (TPSA) is 63.1 Å². The van der Waals surface area contributed by atoms with Crippen molar-refractivity contribution in [2.75, 3.05) is 38.1 Å². The molecule has 0 radical (unpaired) electrons. The first kappa shape index (κ1) is 21.7. The van der Waals surface area contributed by atoms with Crippen LogP contribution in [0, 0.1) is 0 Å². The zero-order valence-corrected chi connectivity index (χ0v) is 18.5. The molecule has 31 heavy (non-hydrogen) atoms. The van der Waals surface area contributed by atoms with Gasteiger partial charge in [0, 0.05) is 58.0 Å². The number of guanidine groups is 1. The van der Waals surface area contributed by atoms with E-state index < -0.39 is 0 Å². The highest BCUT2D eigenvalue weighted by atomic mass is 16.3. The molecule has 2 fully saturated rings. The van der Waals surface area contributed by atoms with Crippen LogP contribution in [-0.4, -0.2) is 61.3 Å². The summed E-state index contributed by atoms with van der Waals surface area (Å²) in [6, 6.07) is 19.8. The Labute approximate surface area is 186 Å². The Morgan fingerprint density at radius 3 is 2.39 bits per heavy atom. The van der Waals surface area contributed by atoms with Crippen LogP contribution in [0.2, 0.25) is 0 Å². The standard InChI is InChI=1S/C25H35N5O/c1-26-25(28-22-11-16-30(19-22)23-5-3-2-4-6-23)27-17-20-7-9-21(10-8-20)18-29-14-12-24(31)13-15-29/h2-10,22,24,31H,11-19H2,1H3,(H2,26,27,28). The Hall–Kier alpha value is -2.57. The summed E-state index contributed by atoms with van der Waals surface area (Å²) in [6.45, 7) is 5.74. The predicted octanol–water partition coefficient (Wildman–Crippen LogP) is 2.59. The van der Waals surface area contributed by atoms with Crippen LogP contribution in [0.15, 0.2) is 59.6 Å². The smallest absolute Gasteiger partial charge is 0.191 e. The second kappa shape index (κ2) is 10.6. The van der Waals surface area contributed by atoms with Gasteiger partial charge in [-0.15, -0.1) is 0 Å². The molecule has 1 atom stereocenters. The molecule has 2 saturated heterocycles. The van der Waals surface area contributed by atoms with E-state index in [0.717, 1.165) is 64.5 Å². The number of likely N-dealkylation sites (tertiary alicyclic amines) is 1. The second-order valence-corrected chi connectivity index (χ2v) is 8.66. The average Bonchev–Trinajstić information content (AvgIpc) is 3.28. The van der Waals surface area contributed by atoms with E-state index in [4.69, 9.17) is 0 Å². The fourth-order valence-electron chi connectivity index (χ4n) is 4.42. The number of nitrogens with zero attached hydrogens (tertiary/aromatic N) is 3. The van der Waals surface area contributed by atoms with E-state index in [0.29, 0.717) is 6.04 Å². The number of anilines is 1. The van der Waals surface area contributed by atoms with Gasteiger partial charge >= 0.3 is 0 Å². The molecule has 0 amide bonds. The van der Waals surface area contributed by atoms with E-state index in [1.54, 1.807) is 0 Å². The number of aliphatic hydroxyl groups excluding tert-OH is 1. The summed E-state index contributed by atoms with van der Waals surface area (Å²) in [5.41, 5.74) is 3.86. The van der Waals surface area contributed by atoms with Gasteiger partial charge in [-0.3, -0.25) is 9.89 Å². The van der Waals surface area contributed by atoms with Crippen molar-refractivity contribution in [3.63, 3.8) is 0 Å². The molecule has 2 aromatic rings. The lowest BCUT2D eigenvalue weighted by Gasteiger charge is -2.29. The normalized spacial score (nSPS) is 20.8. The summed E-state index contributed by atoms with van der Waals surface area (Å²) >= 11 is 0. The van der Waals surface area contributed by atoms with Crippen molar-refractivity contribution in [1.82, 2.24) is 15.5 Å². The molecule has 2 heterocycles. The van der Waals surface area contributed by atoms with Crippen molar-refractivity contribution < 1.29 is 5.11 Å². The molecular formula is C25H35N5O. The van der Waals surface area contributed by atoms with Gasteiger partial charge in [0.15, 0.2) is 5.96 Å². The number of rotatable bonds is 6. The Morgan fingerprint density at radius 2 is 1.68 bits per heavy atom. The van der Waals surface area contributed by atoms with Crippen LogP contribution in [0.3, 0.4) is 0 Å². The number of aliphatic hydroxyl groups is 1. The monoisotopic (exact) mass is 421 g/mol. The van der Waals surface area contributed by atoms with Gasteiger partial charge in [0.05, 0.1) is 6.10 Å². The fourth-order valence-corrected chi connectivity index (χ4v) is 4.42. The third-order valence-corrected chi connectivity index (χ3v) is 6.32. The summed E-state index contributed by atoms with van der Waals surface area (Å²) in [5, 5.41) is 16.7. The van der Waals surface area contributed by atoms with Gasteiger partial charge in [0.2, 0.25) is 0 Å². The van der Waals surface area contributed by atoms with E-state index in [2.05, 4.69) is 80.0 Å². The van der Waals surface area contributed by atoms with Gasteiger partial charge in [0.25, 0.3) is 0 Å². The molecular weight excluding hydrogens is 386 g/mol. The van der Waals surface area contributed by atoms with Crippen molar-refractivity contribution in [2.24, 2.45) is 4.99 Å². The summed E-state index contributed by atoms with van der Waals surface area (Å²) in [5.74, 6) is 0.857. The first-order valence-corrected chi connectivity index (χ1v) is 11.4. The molecule has 0 bridgehead atoms. The molecule has 0 saturated carbocycles. The van der Waals surface area contributed by atoms with E-state index in [9.17, 15) is 5.11 Å². The van der Waals surface area contributed by atoms with Crippen molar-refractivity contribution in [3.05, 3.63) is 65.7 Å². The van der Waals surface area contributed by atoms with Crippen molar-refractivity contribution in [1.29, 1.82) is 0 Å². The molecule has 4 rings (SSSR count). The molecule has 2 aliphatic rings. The minimum absolute atomic E-state index is 0.113. The Bertz CT molecular complexity index is 831. The highest BCUT2D eigenvalue weighted by molar-refractivity contribution is 5.80. The maximum atomic E-state index is 9.66. The zero-order valence-electron chi connectivity index (χ0n) is 18.5. The molecule has 1 unspecified atom stereocenters. The molecule has 0 aromatic heterocycles. The van der Waals surface area contributed by atoms with Gasteiger partial charge < -0.3 is 20.6 Å². The molecule has 6 heteroatoms. The maximum absolute atomic E-state index is 9.66. The third-order valence-electron chi connectivity index (χ3n) is 6.32. The summed E-state index contributed by atoms with van der Waals surface area (Å²) in [4.78, 5) is 9.26. The number of hydrogen-bond acceptors (Lipinski definition) is 4. The molecule has 0 aliphatic carbocycles. The fraction of sp³-hybridized carbons (Fsp3) is 0.480. The Morgan fingerprint density at radius 1 is 0.968 bits per heavy atom. The molecule has 166 valence electrons. The number of piperidine rings is 1. The average molecular weight is 422 g/mol. The zero-order chi connectivity index (χ0) is 21.5. The lowest BCUT2D eigenvalue weighted by Crippen LogP contribution is -2.44. The summed E-state index contributed by atoms with van der Waals surface area (Å²) in [6.07, 6.45) is 2.77. The molecule has 2 aliphatic heterocycles. The third kappa shape index (κ3) is 6.21. The minimum Gasteiger partial charge on any atom is -0.393 e. The lowest BCUT2D eigenvalue weighted by atomic mass is 10.1. The van der Waals surface area contributed by atoms with Crippen LogP contribution in [0.1, 0.15) is 30.4 Å².